The molecule has 0 bridgehead atoms. The van der Waals surface area contributed by atoms with Crippen LogP contribution < -0.4 is 0 Å². The highest BCUT2D eigenvalue weighted by atomic mass is 19.4. The lowest BCUT2D eigenvalue weighted by molar-refractivity contribution is -0.138. The molecule has 1 aromatic heterocycles. The molecule has 0 radical (unpaired) electrons. The van der Waals surface area contributed by atoms with Gasteiger partial charge in [-0.1, -0.05) is 0 Å². The van der Waals surface area contributed by atoms with E-state index < -0.39 is 29.4 Å². The van der Waals surface area contributed by atoms with Gasteiger partial charge in [0.1, 0.15) is 5.69 Å². The van der Waals surface area contributed by atoms with Crippen LogP contribution in [0.25, 0.3) is 0 Å². The van der Waals surface area contributed by atoms with Gasteiger partial charge < -0.3 is 10.0 Å². The Labute approximate surface area is 102 Å². The smallest absolute Gasteiger partial charge is 0.392 e. The highest BCUT2D eigenvalue weighted by Crippen LogP contribution is 2.31. The summed E-state index contributed by atoms with van der Waals surface area (Å²) in [5, 5.41) is 9.11. The summed E-state index contributed by atoms with van der Waals surface area (Å²) in [7, 11) is 1.31. The number of hydrogen-bond donors (Lipinski definition) is 1. The number of carbonyl (C=O) groups is 1. The summed E-state index contributed by atoms with van der Waals surface area (Å²) in [6.45, 7) is 1.37. The van der Waals surface area contributed by atoms with E-state index in [4.69, 9.17) is 5.11 Å². The minimum Gasteiger partial charge on any atom is -0.392 e. The van der Waals surface area contributed by atoms with Crippen LogP contribution in [0.1, 0.15) is 23.0 Å². The predicted molar refractivity (Wildman–Crippen MR) is 57.9 cm³/mol. The average molecular weight is 262 g/mol. The molecule has 0 saturated carbocycles. The van der Waals surface area contributed by atoms with Gasteiger partial charge in [-0.3, -0.25) is 9.78 Å². The van der Waals surface area contributed by atoms with E-state index in [0.717, 1.165) is 23.2 Å². The number of aliphatic hydroxyl groups is 1. The number of carbonyl (C=O) groups excluding carboxylic acids is 1. The molecule has 100 valence electrons. The lowest BCUT2D eigenvalue weighted by atomic mass is 10.1. The second-order valence-corrected chi connectivity index (χ2v) is 3.93. The topological polar surface area (TPSA) is 53.4 Å². The van der Waals surface area contributed by atoms with E-state index in [9.17, 15) is 18.0 Å². The molecule has 0 fully saturated rings. The first-order valence-corrected chi connectivity index (χ1v) is 5.19. The van der Waals surface area contributed by atoms with E-state index in [1.165, 1.54) is 14.0 Å². The normalized spacial score (nSPS) is 13.2. The SMILES string of the molecule is CC(O)CN(C)C(=O)c1ncccc1C(F)(F)F. The van der Waals surface area contributed by atoms with Gasteiger partial charge in [-0.2, -0.15) is 13.2 Å². The van der Waals surface area contributed by atoms with E-state index in [1.807, 2.05) is 0 Å². The number of pyridine rings is 1. The number of nitrogens with zero attached hydrogens (tertiary/aromatic N) is 2. The van der Waals surface area contributed by atoms with E-state index in [0.29, 0.717) is 0 Å². The van der Waals surface area contributed by atoms with Crippen LogP contribution in [0, 0.1) is 0 Å². The molecule has 7 heteroatoms. The van der Waals surface area contributed by atoms with Crippen LogP contribution in [0.4, 0.5) is 13.2 Å². The van der Waals surface area contributed by atoms with E-state index in [2.05, 4.69) is 4.98 Å². The van der Waals surface area contributed by atoms with Crippen molar-refractivity contribution in [2.75, 3.05) is 13.6 Å². The number of amides is 1. The zero-order valence-corrected chi connectivity index (χ0v) is 9.90. The molecule has 1 aromatic rings. The molecule has 1 heterocycles. The van der Waals surface area contributed by atoms with Crippen molar-refractivity contribution >= 4 is 5.91 Å². The third-order valence-electron chi connectivity index (χ3n) is 2.20. The van der Waals surface area contributed by atoms with Crippen LogP contribution >= 0.6 is 0 Å². The quantitative estimate of drug-likeness (QED) is 0.899. The minimum absolute atomic E-state index is 0.0628. The number of aromatic nitrogens is 1. The summed E-state index contributed by atoms with van der Waals surface area (Å²) in [5.74, 6) is -0.871. The first-order chi connectivity index (χ1) is 8.23. The third-order valence-corrected chi connectivity index (χ3v) is 2.20. The molecule has 1 N–H and O–H groups in total. The fourth-order valence-corrected chi connectivity index (χ4v) is 1.46. The Hall–Kier alpha value is -1.63. The van der Waals surface area contributed by atoms with Crippen molar-refractivity contribution in [3.8, 4) is 0 Å². The zero-order chi connectivity index (χ0) is 13.9. The van der Waals surface area contributed by atoms with Gasteiger partial charge in [0.15, 0.2) is 0 Å². The van der Waals surface area contributed by atoms with Crippen LogP contribution in [0.3, 0.4) is 0 Å². The molecule has 1 atom stereocenters. The molecule has 1 amide bonds. The number of alkyl halides is 3. The van der Waals surface area contributed by atoms with Crippen LogP contribution in [0.2, 0.25) is 0 Å². The van der Waals surface area contributed by atoms with Gasteiger partial charge in [0.05, 0.1) is 11.7 Å². The van der Waals surface area contributed by atoms with Crippen LogP contribution in [-0.2, 0) is 6.18 Å². The van der Waals surface area contributed by atoms with Gasteiger partial charge in [-0.05, 0) is 19.1 Å². The lowest BCUT2D eigenvalue weighted by Gasteiger charge is -2.20. The molecule has 0 aliphatic rings. The highest BCUT2D eigenvalue weighted by Gasteiger charge is 2.36. The molecular weight excluding hydrogens is 249 g/mol. The Morgan fingerprint density at radius 2 is 2.17 bits per heavy atom. The fourth-order valence-electron chi connectivity index (χ4n) is 1.46. The van der Waals surface area contributed by atoms with Gasteiger partial charge in [0.2, 0.25) is 0 Å². The maximum atomic E-state index is 12.7. The largest absolute Gasteiger partial charge is 0.418 e. The number of rotatable bonds is 3. The lowest BCUT2D eigenvalue weighted by Crippen LogP contribution is -2.34. The van der Waals surface area contributed by atoms with Crippen LogP contribution in [0.15, 0.2) is 18.3 Å². The van der Waals surface area contributed by atoms with Crippen molar-refractivity contribution in [2.45, 2.75) is 19.2 Å². The van der Waals surface area contributed by atoms with Crippen LogP contribution in [-0.4, -0.2) is 40.6 Å². The summed E-state index contributed by atoms with van der Waals surface area (Å²) >= 11 is 0. The number of hydrogen-bond acceptors (Lipinski definition) is 3. The summed E-state index contributed by atoms with van der Waals surface area (Å²) in [6, 6.07) is 1.92. The summed E-state index contributed by atoms with van der Waals surface area (Å²) in [4.78, 5) is 16.3. The van der Waals surface area contributed by atoms with Gasteiger partial charge in [-0.25, -0.2) is 0 Å². The van der Waals surface area contributed by atoms with Crippen molar-refractivity contribution in [2.24, 2.45) is 0 Å². The maximum Gasteiger partial charge on any atom is 0.418 e. The molecule has 0 saturated heterocycles. The Kier molecular flexibility index (Phi) is 4.28. The second-order valence-electron chi connectivity index (χ2n) is 3.93. The van der Waals surface area contributed by atoms with Crippen molar-refractivity contribution < 1.29 is 23.1 Å². The van der Waals surface area contributed by atoms with Gasteiger partial charge in [0.25, 0.3) is 5.91 Å². The predicted octanol–water partition coefficient (Wildman–Crippen LogP) is 1.55. The van der Waals surface area contributed by atoms with E-state index >= 15 is 0 Å². The second kappa shape index (κ2) is 5.34. The number of halogens is 3. The molecular formula is C11H13F3N2O2. The minimum atomic E-state index is -4.63. The van der Waals surface area contributed by atoms with Crippen LogP contribution in [0.5, 0.6) is 0 Å². The summed E-state index contributed by atoms with van der Waals surface area (Å²) in [5.41, 5.74) is -1.74. The fraction of sp³-hybridized carbons (Fsp3) is 0.455. The molecule has 0 aliphatic heterocycles. The summed E-state index contributed by atoms with van der Waals surface area (Å²) < 4.78 is 38.0. The number of aliphatic hydroxyl groups excluding tert-OH is 1. The molecule has 1 unspecified atom stereocenters. The van der Waals surface area contributed by atoms with Crippen molar-refractivity contribution in [3.63, 3.8) is 0 Å². The Balaban J connectivity index is 3.06. The standard InChI is InChI=1S/C11H13F3N2O2/c1-7(17)6-16(2)10(18)9-8(11(12,13)14)4-3-5-15-9/h3-5,7,17H,6H2,1-2H3. The average Bonchev–Trinajstić information content (AvgIpc) is 2.26. The van der Waals surface area contributed by atoms with Crippen molar-refractivity contribution in [3.05, 3.63) is 29.6 Å². The molecule has 0 aliphatic carbocycles. The first-order valence-electron chi connectivity index (χ1n) is 5.19. The first kappa shape index (κ1) is 14.4. The third kappa shape index (κ3) is 3.43. The summed E-state index contributed by atoms with van der Waals surface area (Å²) in [6.07, 6.45) is -4.33. The number of likely N-dealkylation sites (N-methyl/N-ethyl adjacent to an activating group) is 1. The van der Waals surface area contributed by atoms with E-state index in [-0.39, 0.29) is 6.54 Å². The van der Waals surface area contributed by atoms with Gasteiger partial charge >= 0.3 is 6.18 Å². The Morgan fingerprint density at radius 1 is 1.56 bits per heavy atom. The molecule has 0 aromatic carbocycles. The van der Waals surface area contributed by atoms with Crippen molar-refractivity contribution in [1.82, 2.24) is 9.88 Å². The zero-order valence-electron chi connectivity index (χ0n) is 9.90. The Morgan fingerprint density at radius 3 is 2.67 bits per heavy atom. The molecule has 1 rings (SSSR count). The van der Waals surface area contributed by atoms with Gasteiger partial charge in [-0.15, -0.1) is 0 Å². The van der Waals surface area contributed by atoms with Gasteiger partial charge in [0, 0.05) is 19.8 Å². The maximum absolute atomic E-state index is 12.7. The molecule has 4 nitrogen and oxygen atoms in total. The van der Waals surface area contributed by atoms with E-state index in [1.54, 1.807) is 0 Å². The monoisotopic (exact) mass is 262 g/mol. The Bertz CT molecular complexity index is 433. The van der Waals surface area contributed by atoms with Crippen molar-refractivity contribution in [1.29, 1.82) is 0 Å². The highest BCUT2D eigenvalue weighted by molar-refractivity contribution is 5.93. The molecule has 0 spiro atoms. The molecule has 18 heavy (non-hydrogen) atoms.